The molecule has 0 aromatic carbocycles. The quantitative estimate of drug-likeness (QED) is 0.120. The number of hydrogen-bond acceptors (Lipinski definition) is 8. The second-order valence-electron chi connectivity index (χ2n) is 18.9. The molecule has 0 aromatic heterocycles. The molecule has 0 aliphatic heterocycles. The molecular formula is C40H76O4P2S4. The van der Waals surface area contributed by atoms with E-state index in [1.54, 1.807) is 20.8 Å². The second-order valence-corrected chi connectivity index (χ2v) is 32.6. The van der Waals surface area contributed by atoms with Crippen molar-refractivity contribution in [3.63, 3.8) is 0 Å². The van der Waals surface area contributed by atoms with Gasteiger partial charge in [0.25, 0.3) is 11.4 Å². The monoisotopic (exact) mass is 810 g/mol. The van der Waals surface area contributed by atoms with Crippen LogP contribution in [0, 0.1) is 71.0 Å². The van der Waals surface area contributed by atoms with Crippen LogP contribution in [0.1, 0.15) is 160 Å². The fraction of sp³-hybridized carbons (Fsp3) is 1.00. The Morgan fingerprint density at radius 3 is 0.780 bits per heavy atom. The topological polar surface area (TPSA) is 36.9 Å². The van der Waals surface area contributed by atoms with Crippen LogP contribution in [0.2, 0.25) is 0 Å². The van der Waals surface area contributed by atoms with Gasteiger partial charge in [0, 0.05) is 20.8 Å². The van der Waals surface area contributed by atoms with Crippen molar-refractivity contribution in [2.24, 2.45) is 71.0 Å². The third-order valence-electron chi connectivity index (χ3n) is 13.1. The number of hydrogen-bond donors (Lipinski definition) is 0. The molecule has 0 N–H and O–H groups in total. The van der Waals surface area contributed by atoms with Crippen LogP contribution in [0.4, 0.5) is 0 Å². The first-order valence-electron chi connectivity index (χ1n) is 20.7. The average molecular weight is 811 g/mol. The molecule has 4 aliphatic carbocycles. The summed E-state index contributed by atoms with van der Waals surface area (Å²) in [5.74, 6) is 6.71. The summed E-state index contributed by atoms with van der Waals surface area (Å²) in [5.41, 5.74) is -5.69. The maximum Gasteiger partial charge on any atom is 0.258 e. The van der Waals surface area contributed by atoms with E-state index in [0.717, 1.165) is 25.7 Å². The summed E-state index contributed by atoms with van der Waals surface area (Å²) < 4.78 is 29.3. The smallest absolute Gasteiger partial charge is 0.258 e. The van der Waals surface area contributed by atoms with Gasteiger partial charge in [-0.3, -0.25) is 0 Å². The van der Waals surface area contributed by atoms with Gasteiger partial charge in [-0.25, -0.2) is 0 Å². The third-order valence-corrected chi connectivity index (χ3v) is 28.0. The molecule has 0 amide bonds. The van der Waals surface area contributed by atoms with Gasteiger partial charge >= 0.3 is 0 Å². The van der Waals surface area contributed by atoms with Crippen LogP contribution in [0.15, 0.2) is 0 Å². The van der Waals surface area contributed by atoms with Gasteiger partial charge in [0.1, 0.15) is 0 Å². The molecule has 0 radical (unpaired) electrons. The average Bonchev–Trinajstić information content (AvgIpc) is 2.99. The Labute approximate surface area is 327 Å². The molecular weight excluding hydrogens is 735 g/mol. The van der Waals surface area contributed by atoms with Crippen molar-refractivity contribution < 1.29 is 18.1 Å². The van der Waals surface area contributed by atoms with Gasteiger partial charge in [0.05, 0.1) is 24.4 Å². The summed E-state index contributed by atoms with van der Waals surface area (Å²) in [7, 11) is 3.28. The molecule has 4 rings (SSSR count). The van der Waals surface area contributed by atoms with E-state index in [1.165, 1.54) is 51.4 Å². The van der Waals surface area contributed by atoms with Gasteiger partial charge in [0.2, 0.25) is 0 Å². The minimum atomic E-state index is -2.85. The zero-order chi connectivity index (χ0) is 37.0. The van der Waals surface area contributed by atoms with Crippen LogP contribution in [0.3, 0.4) is 0 Å². The zero-order valence-corrected chi connectivity index (χ0v) is 38.9. The third kappa shape index (κ3) is 12.7. The SMILES string of the molecule is CC(C)[C@@H]1CC[C@@H](C)C[C@@H]1OP(=S)(O[C@H]1C[C@H](C)CC[C@H]1C(C)C)SSP(=S)(O[C@H]1C[C@H](C)CC[C@H]1C(C)C)O[C@H]1C[C@H](C)CC[C@H]1C(C)C. The van der Waals surface area contributed by atoms with E-state index in [1.807, 2.05) is 0 Å². The second kappa shape index (κ2) is 19.8. The van der Waals surface area contributed by atoms with Crippen molar-refractivity contribution >= 4 is 55.8 Å². The largest absolute Gasteiger partial charge is 0.317 e. The van der Waals surface area contributed by atoms with E-state index in [0.29, 0.717) is 71.0 Å². The molecule has 0 saturated heterocycles. The minimum Gasteiger partial charge on any atom is -0.317 e. The predicted molar refractivity (Wildman–Crippen MR) is 229 cm³/mol. The first kappa shape index (κ1) is 44.6. The van der Waals surface area contributed by atoms with E-state index < -0.39 is 11.4 Å². The number of rotatable bonds is 15. The van der Waals surface area contributed by atoms with E-state index in [4.69, 9.17) is 41.7 Å². The summed E-state index contributed by atoms with van der Waals surface area (Å²) in [6.07, 6.45) is 14.5. The van der Waals surface area contributed by atoms with Gasteiger partial charge in [-0.2, -0.15) is 0 Å². The Hall–Kier alpha value is 1.84. The maximum atomic E-state index is 7.32. The normalized spacial score (nSPS) is 38.0. The van der Waals surface area contributed by atoms with Crippen LogP contribution in [0.5, 0.6) is 0 Å². The summed E-state index contributed by atoms with van der Waals surface area (Å²) in [4.78, 5) is 0. The van der Waals surface area contributed by atoms with Gasteiger partial charge < -0.3 is 18.1 Å². The van der Waals surface area contributed by atoms with Gasteiger partial charge in [0.15, 0.2) is 0 Å². The van der Waals surface area contributed by atoms with E-state index in [-0.39, 0.29) is 24.4 Å². The molecule has 0 bridgehead atoms. The van der Waals surface area contributed by atoms with Gasteiger partial charge in [-0.15, -0.1) is 0 Å². The molecule has 12 atom stereocenters. The van der Waals surface area contributed by atoms with Crippen molar-refractivity contribution in [1.29, 1.82) is 0 Å². The van der Waals surface area contributed by atoms with Crippen LogP contribution in [-0.2, 0) is 41.7 Å². The van der Waals surface area contributed by atoms with Crippen molar-refractivity contribution in [2.75, 3.05) is 0 Å². The highest BCUT2D eigenvalue weighted by Gasteiger charge is 2.45. The van der Waals surface area contributed by atoms with Gasteiger partial charge in [-0.05, 0) is 146 Å². The fourth-order valence-corrected chi connectivity index (χ4v) is 27.6. The molecule has 0 heterocycles. The zero-order valence-electron chi connectivity index (χ0n) is 33.9. The molecule has 4 nitrogen and oxygen atoms in total. The molecule has 10 heteroatoms. The standard InChI is InChI=1S/C40H76O4P2S4/c1-25(2)33-17-13-29(9)21-37(33)41-45(47,42-38-22-30(10)14-18-34(38)26(3)4)49-50-46(48,43-39-23-31(11)15-19-35(39)27(5)6)44-40-24-32(12)16-20-36(40)28(7)8/h25-40H,13-24H2,1-12H3/t29-,30-,31-,32-,33+,34+,35+,36+,37+,38+,39+,40+/m1/s1. The highest BCUT2D eigenvalue weighted by atomic mass is 33.5. The Morgan fingerprint density at radius 2 is 0.600 bits per heavy atom. The van der Waals surface area contributed by atoms with Crippen LogP contribution in [-0.4, -0.2) is 24.4 Å². The molecule has 0 unspecified atom stereocenters. The van der Waals surface area contributed by atoms with Crippen molar-refractivity contribution in [3.8, 4) is 0 Å². The molecule has 4 aliphatic rings. The first-order chi connectivity index (χ1) is 23.4. The van der Waals surface area contributed by atoms with Crippen molar-refractivity contribution in [2.45, 2.75) is 185 Å². The summed E-state index contributed by atoms with van der Waals surface area (Å²) in [6.45, 7) is 28.4. The summed E-state index contributed by atoms with van der Waals surface area (Å²) in [5, 5.41) is 0. The van der Waals surface area contributed by atoms with Crippen molar-refractivity contribution in [1.82, 2.24) is 0 Å². The Kier molecular flexibility index (Phi) is 17.7. The van der Waals surface area contributed by atoms with E-state index in [9.17, 15) is 0 Å². The first-order valence-corrected chi connectivity index (χ1v) is 29.3. The fourth-order valence-electron chi connectivity index (χ4n) is 9.81. The van der Waals surface area contributed by atoms with Crippen LogP contribution < -0.4 is 0 Å². The van der Waals surface area contributed by atoms with Crippen molar-refractivity contribution in [3.05, 3.63) is 0 Å². The molecule has 4 saturated carbocycles. The van der Waals surface area contributed by atoms with E-state index in [2.05, 4.69) is 83.1 Å². The van der Waals surface area contributed by atoms with Crippen LogP contribution >= 0.6 is 32.2 Å². The summed E-state index contributed by atoms with van der Waals surface area (Å²) >= 11 is 13.5. The lowest BCUT2D eigenvalue weighted by molar-refractivity contribution is 0.0135. The molecule has 4 fully saturated rings. The van der Waals surface area contributed by atoms with Crippen LogP contribution in [0.25, 0.3) is 0 Å². The lowest BCUT2D eigenvalue weighted by Gasteiger charge is -2.44. The Balaban J connectivity index is 1.68. The highest BCUT2D eigenvalue weighted by Crippen LogP contribution is 2.80. The molecule has 294 valence electrons. The van der Waals surface area contributed by atoms with Gasteiger partial charge in [-0.1, -0.05) is 109 Å². The highest BCUT2D eigenvalue weighted by molar-refractivity contribution is 9.17. The molecule has 50 heavy (non-hydrogen) atoms. The lowest BCUT2D eigenvalue weighted by Crippen LogP contribution is -2.36. The van der Waals surface area contributed by atoms with E-state index >= 15 is 0 Å². The molecule has 0 aromatic rings. The Bertz CT molecular complexity index is 975. The predicted octanol–water partition coefficient (Wildman–Crippen LogP) is 14.7. The summed E-state index contributed by atoms with van der Waals surface area (Å²) in [6, 6.07) is 0. The minimum absolute atomic E-state index is 0.116. The Morgan fingerprint density at radius 1 is 0.400 bits per heavy atom. The maximum absolute atomic E-state index is 7.32. The molecule has 0 spiro atoms. The lowest BCUT2D eigenvalue weighted by atomic mass is 9.75.